The van der Waals surface area contributed by atoms with E-state index in [1.165, 1.54) is 44.9 Å². The molecular formula is C16H26N2O. The molecule has 19 heavy (non-hydrogen) atoms. The fraction of sp³-hybridized carbons (Fsp3) is 0.750. The third kappa shape index (κ3) is 3.83. The van der Waals surface area contributed by atoms with Crippen LogP contribution in [0.2, 0.25) is 0 Å². The summed E-state index contributed by atoms with van der Waals surface area (Å²) in [6, 6.07) is 5.77. The van der Waals surface area contributed by atoms with Gasteiger partial charge in [0, 0.05) is 12.1 Å². The van der Waals surface area contributed by atoms with Gasteiger partial charge in [-0.2, -0.15) is 0 Å². The van der Waals surface area contributed by atoms with Gasteiger partial charge in [0.15, 0.2) is 0 Å². The molecule has 1 heterocycles. The molecule has 0 saturated heterocycles. The number of hydrogen-bond donors (Lipinski definition) is 1. The highest BCUT2D eigenvalue weighted by molar-refractivity contribution is 5.07. The average Bonchev–Trinajstić information content (AvgIpc) is 3.17. The van der Waals surface area contributed by atoms with Crippen LogP contribution >= 0.6 is 0 Å². The Bertz CT molecular complexity index is 391. The Labute approximate surface area is 116 Å². The van der Waals surface area contributed by atoms with Gasteiger partial charge in [-0.15, -0.1) is 0 Å². The second-order valence-electron chi connectivity index (χ2n) is 6.23. The molecule has 0 unspecified atom stereocenters. The maximum Gasteiger partial charge on any atom is 0.118 e. The van der Waals surface area contributed by atoms with E-state index < -0.39 is 0 Å². The summed E-state index contributed by atoms with van der Waals surface area (Å²) in [6.07, 6.45) is 9.58. The van der Waals surface area contributed by atoms with Gasteiger partial charge in [-0.25, -0.2) is 0 Å². The van der Waals surface area contributed by atoms with Gasteiger partial charge in [0.25, 0.3) is 0 Å². The van der Waals surface area contributed by atoms with Gasteiger partial charge in [0.2, 0.25) is 0 Å². The molecule has 0 atom stereocenters. The molecule has 0 spiro atoms. The van der Waals surface area contributed by atoms with E-state index in [0.29, 0.717) is 0 Å². The van der Waals surface area contributed by atoms with Crippen LogP contribution in [0.5, 0.6) is 0 Å². The van der Waals surface area contributed by atoms with Crippen LogP contribution in [0.4, 0.5) is 0 Å². The van der Waals surface area contributed by atoms with Gasteiger partial charge >= 0.3 is 0 Å². The molecule has 2 saturated carbocycles. The van der Waals surface area contributed by atoms with E-state index in [1.807, 2.05) is 0 Å². The van der Waals surface area contributed by atoms with Gasteiger partial charge < -0.3 is 9.73 Å². The first kappa shape index (κ1) is 13.2. The Morgan fingerprint density at radius 3 is 2.58 bits per heavy atom. The van der Waals surface area contributed by atoms with Crippen LogP contribution in [0.15, 0.2) is 16.5 Å². The smallest absolute Gasteiger partial charge is 0.118 e. The van der Waals surface area contributed by atoms with Crippen molar-refractivity contribution in [3.63, 3.8) is 0 Å². The van der Waals surface area contributed by atoms with E-state index in [9.17, 15) is 0 Å². The van der Waals surface area contributed by atoms with E-state index in [-0.39, 0.29) is 0 Å². The van der Waals surface area contributed by atoms with E-state index in [0.717, 1.165) is 36.7 Å². The van der Waals surface area contributed by atoms with Gasteiger partial charge in [0.1, 0.15) is 11.5 Å². The molecule has 1 N–H and O–H groups in total. The van der Waals surface area contributed by atoms with Crippen molar-refractivity contribution in [1.82, 2.24) is 10.2 Å². The quantitative estimate of drug-likeness (QED) is 0.852. The summed E-state index contributed by atoms with van der Waals surface area (Å²) in [4.78, 5) is 2.47. The Morgan fingerprint density at radius 1 is 1.11 bits per heavy atom. The van der Waals surface area contributed by atoms with Crippen molar-refractivity contribution >= 4 is 0 Å². The predicted octanol–water partition coefficient (Wildman–Crippen LogP) is 3.30. The highest BCUT2D eigenvalue weighted by atomic mass is 16.3. The van der Waals surface area contributed by atoms with Crippen molar-refractivity contribution in [3.8, 4) is 0 Å². The minimum atomic E-state index is 0.749. The number of hydrogen-bond acceptors (Lipinski definition) is 3. The first-order chi connectivity index (χ1) is 9.31. The fourth-order valence-corrected chi connectivity index (χ4v) is 3.03. The monoisotopic (exact) mass is 262 g/mol. The summed E-state index contributed by atoms with van der Waals surface area (Å²) >= 11 is 0. The number of nitrogens with zero attached hydrogens (tertiary/aromatic N) is 1. The van der Waals surface area contributed by atoms with Crippen molar-refractivity contribution in [2.45, 2.75) is 70.1 Å². The lowest BCUT2D eigenvalue weighted by atomic mass is 9.94. The number of rotatable bonds is 6. The molecular weight excluding hydrogens is 236 g/mol. The first-order valence-corrected chi connectivity index (χ1v) is 7.82. The fourth-order valence-electron chi connectivity index (χ4n) is 3.03. The van der Waals surface area contributed by atoms with E-state index in [1.54, 1.807) is 0 Å². The number of nitrogens with one attached hydrogen (secondary N) is 1. The zero-order valence-electron chi connectivity index (χ0n) is 12.0. The molecule has 2 fully saturated rings. The maximum absolute atomic E-state index is 5.92. The zero-order valence-corrected chi connectivity index (χ0v) is 12.0. The second-order valence-corrected chi connectivity index (χ2v) is 6.23. The third-order valence-corrected chi connectivity index (χ3v) is 4.46. The van der Waals surface area contributed by atoms with Crippen LogP contribution in [0.25, 0.3) is 0 Å². The molecule has 2 aliphatic rings. The Kier molecular flexibility index (Phi) is 4.24. The molecule has 3 nitrogen and oxygen atoms in total. The largest absolute Gasteiger partial charge is 0.463 e. The molecule has 0 radical (unpaired) electrons. The van der Waals surface area contributed by atoms with Crippen molar-refractivity contribution < 1.29 is 4.42 Å². The van der Waals surface area contributed by atoms with E-state index >= 15 is 0 Å². The summed E-state index contributed by atoms with van der Waals surface area (Å²) in [7, 11) is 2.24. The van der Waals surface area contributed by atoms with Crippen LogP contribution in [0.1, 0.15) is 56.5 Å². The lowest BCUT2D eigenvalue weighted by molar-refractivity contribution is 0.172. The van der Waals surface area contributed by atoms with Gasteiger partial charge in [-0.1, -0.05) is 19.3 Å². The second kappa shape index (κ2) is 6.10. The minimum Gasteiger partial charge on any atom is -0.463 e. The highest BCUT2D eigenvalue weighted by Crippen LogP contribution is 2.23. The summed E-state index contributed by atoms with van der Waals surface area (Å²) in [5.74, 6) is 2.19. The van der Waals surface area contributed by atoms with Crippen molar-refractivity contribution in [2.75, 3.05) is 7.05 Å². The molecule has 2 aliphatic carbocycles. The Balaban J connectivity index is 1.47. The Morgan fingerprint density at radius 2 is 1.84 bits per heavy atom. The third-order valence-electron chi connectivity index (χ3n) is 4.46. The van der Waals surface area contributed by atoms with Crippen LogP contribution in [0, 0.1) is 0 Å². The summed E-state index contributed by atoms with van der Waals surface area (Å²) in [6.45, 7) is 1.84. The summed E-state index contributed by atoms with van der Waals surface area (Å²) in [5.41, 5.74) is 0. The lowest BCUT2D eigenvalue weighted by Crippen LogP contribution is -2.32. The molecule has 0 aliphatic heterocycles. The highest BCUT2D eigenvalue weighted by Gasteiger charge is 2.21. The average molecular weight is 262 g/mol. The zero-order chi connectivity index (χ0) is 13.1. The van der Waals surface area contributed by atoms with Crippen molar-refractivity contribution in [3.05, 3.63) is 23.7 Å². The minimum absolute atomic E-state index is 0.749. The summed E-state index contributed by atoms with van der Waals surface area (Å²) < 4.78 is 5.92. The molecule has 3 heteroatoms. The molecule has 1 aromatic heterocycles. The van der Waals surface area contributed by atoms with Crippen LogP contribution in [-0.2, 0) is 13.1 Å². The SMILES string of the molecule is CN(Cc1ccc(CNC2CC2)o1)C1CCCCC1. The molecule has 1 aromatic rings. The molecule has 106 valence electrons. The number of furan rings is 1. The van der Waals surface area contributed by atoms with E-state index in [4.69, 9.17) is 4.42 Å². The molecule has 0 amide bonds. The Hall–Kier alpha value is -0.800. The van der Waals surface area contributed by atoms with Crippen molar-refractivity contribution in [1.29, 1.82) is 0 Å². The van der Waals surface area contributed by atoms with Gasteiger partial charge in [-0.3, -0.25) is 4.90 Å². The lowest BCUT2D eigenvalue weighted by Gasteiger charge is -2.30. The molecule has 0 bridgehead atoms. The van der Waals surface area contributed by atoms with Crippen LogP contribution < -0.4 is 5.32 Å². The predicted molar refractivity (Wildman–Crippen MR) is 76.9 cm³/mol. The first-order valence-electron chi connectivity index (χ1n) is 7.82. The topological polar surface area (TPSA) is 28.4 Å². The normalized spacial score (nSPS) is 21.2. The van der Waals surface area contributed by atoms with Crippen LogP contribution in [-0.4, -0.2) is 24.0 Å². The summed E-state index contributed by atoms with van der Waals surface area (Å²) in [5, 5.41) is 3.50. The van der Waals surface area contributed by atoms with Gasteiger partial charge in [0.05, 0.1) is 13.1 Å². The molecule has 3 rings (SSSR count). The van der Waals surface area contributed by atoms with Crippen LogP contribution in [0.3, 0.4) is 0 Å². The standard InChI is InChI=1S/C16H26N2O/c1-18(14-5-3-2-4-6-14)12-16-10-9-15(19-16)11-17-13-7-8-13/h9-10,13-14,17H,2-8,11-12H2,1H3. The maximum atomic E-state index is 5.92. The van der Waals surface area contributed by atoms with E-state index in [2.05, 4.69) is 29.4 Å². The van der Waals surface area contributed by atoms with Crippen molar-refractivity contribution in [2.24, 2.45) is 0 Å². The molecule has 0 aromatic carbocycles. The van der Waals surface area contributed by atoms with Gasteiger partial charge in [-0.05, 0) is 44.9 Å².